The number of hydrogen-bond donors (Lipinski definition) is 1. The van der Waals surface area contributed by atoms with Crippen LogP contribution in [-0.4, -0.2) is 29.5 Å². The fraction of sp³-hybridized carbons (Fsp3) is 0.923. The first kappa shape index (κ1) is 13.9. The Bertz CT molecular complexity index is 240. The highest BCUT2D eigenvalue weighted by atomic mass is 32.1. The van der Waals surface area contributed by atoms with E-state index in [9.17, 15) is 0 Å². The predicted octanol–water partition coefficient (Wildman–Crippen LogP) is 2.81. The van der Waals surface area contributed by atoms with Gasteiger partial charge in [0.05, 0.1) is 4.99 Å². The summed E-state index contributed by atoms with van der Waals surface area (Å²) in [6, 6.07) is 0.727. The highest BCUT2D eigenvalue weighted by Gasteiger charge is 2.29. The van der Waals surface area contributed by atoms with Crippen LogP contribution in [-0.2, 0) is 0 Å². The zero-order valence-corrected chi connectivity index (χ0v) is 11.9. The van der Waals surface area contributed by atoms with Gasteiger partial charge < -0.3 is 10.6 Å². The molecule has 0 aromatic carbocycles. The van der Waals surface area contributed by atoms with Gasteiger partial charge in [-0.3, -0.25) is 0 Å². The van der Waals surface area contributed by atoms with Crippen molar-refractivity contribution in [3.63, 3.8) is 0 Å². The maximum Gasteiger partial charge on any atom is 0.0768 e. The van der Waals surface area contributed by atoms with Gasteiger partial charge >= 0.3 is 0 Å². The Morgan fingerprint density at radius 1 is 1.44 bits per heavy atom. The van der Waals surface area contributed by atoms with Crippen LogP contribution in [0, 0.1) is 11.3 Å². The molecular formula is C13H26N2S. The lowest BCUT2D eigenvalue weighted by molar-refractivity contribution is 0.123. The Morgan fingerprint density at radius 3 is 2.38 bits per heavy atom. The monoisotopic (exact) mass is 242 g/mol. The minimum atomic E-state index is 0.329. The first-order valence-corrected chi connectivity index (χ1v) is 6.72. The molecular weight excluding hydrogens is 216 g/mol. The van der Waals surface area contributed by atoms with Crippen molar-refractivity contribution < 1.29 is 0 Å². The highest BCUT2D eigenvalue weighted by Crippen LogP contribution is 2.36. The van der Waals surface area contributed by atoms with E-state index in [1.165, 1.54) is 25.7 Å². The summed E-state index contributed by atoms with van der Waals surface area (Å²) in [4.78, 5) is 3.09. The van der Waals surface area contributed by atoms with Crippen molar-refractivity contribution in [3.8, 4) is 0 Å². The van der Waals surface area contributed by atoms with Crippen molar-refractivity contribution in [2.75, 3.05) is 13.6 Å². The van der Waals surface area contributed by atoms with Gasteiger partial charge in [-0.05, 0) is 38.1 Å². The molecule has 16 heavy (non-hydrogen) atoms. The SMILES string of the molecule is CC(CN(C)C1CCC(C)(C)CC1)C(N)=S. The molecule has 0 spiro atoms. The van der Waals surface area contributed by atoms with E-state index in [0.29, 0.717) is 16.3 Å². The van der Waals surface area contributed by atoms with Crippen LogP contribution in [0.4, 0.5) is 0 Å². The van der Waals surface area contributed by atoms with Gasteiger partial charge in [-0.25, -0.2) is 0 Å². The summed E-state index contributed by atoms with van der Waals surface area (Å²) in [7, 11) is 2.21. The lowest BCUT2D eigenvalue weighted by atomic mass is 9.75. The van der Waals surface area contributed by atoms with Gasteiger partial charge in [0.15, 0.2) is 0 Å². The first-order valence-electron chi connectivity index (χ1n) is 6.31. The summed E-state index contributed by atoms with van der Waals surface area (Å²) in [5.41, 5.74) is 6.21. The first-order chi connectivity index (χ1) is 7.32. The van der Waals surface area contributed by atoms with E-state index in [0.717, 1.165) is 12.6 Å². The summed E-state index contributed by atoms with van der Waals surface area (Å²) >= 11 is 5.03. The number of nitrogens with two attached hydrogens (primary N) is 1. The van der Waals surface area contributed by atoms with E-state index in [1.54, 1.807) is 0 Å². The molecule has 0 aromatic heterocycles. The standard InChI is InChI=1S/C13H26N2S/c1-10(12(14)16)9-15(4)11-5-7-13(2,3)8-6-11/h10-11H,5-9H2,1-4H3,(H2,14,16). The van der Waals surface area contributed by atoms with Crippen molar-refractivity contribution in [3.05, 3.63) is 0 Å². The fourth-order valence-electron chi connectivity index (χ4n) is 2.50. The van der Waals surface area contributed by atoms with Crippen LogP contribution >= 0.6 is 12.2 Å². The molecule has 2 nitrogen and oxygen atoms in total. The lowest BCUT2D eigenvalue weighted by Gasteiger charge is -2.39. The molecule has 1 fully saturated rings. The predicted molar refractivity (Wildman–Crippen MR) is 74.6 cm³/mol. The average molecular weight is 242 g/mol. The Kier molecular flexibility index (Phi) is 4.74. The quantitative estimate of drug-likeness (QED) is 0.769. The number of hydrogen-bond acceptors (Lipinski definition) is 2. The molecule has 0 radical (unpaired) electrons. The molecule has 1 atom stereocenters. The van der Waals surface area contributed by atoms with Crippen molar-refractivity contribution in [2.24, 2.45) is 17.1 Å². The third-order valence-corrected chi connectivity index (χ3v) is 4.38. The van der Waals surface area contributed by atoms with Gasteiger partial charge in [0.25, 0.3) is 0 Å². The number of thiocarbonyl (C=S) groups is 1. The van der Waals surface area contributed by atoms with E-state index in [2.05, 4.69) is 32.7 Å². The van der Waals surface area contributed by atoms with E-state index in [-0.39, 0.29) is 0 Å². The summed E-state index contributed by atoms with van der Waals surface area (Å²) in [5.74, 6) is 0.329. The largest absolute Gasteiger partial charge is 0.393 e. The summed E-state index contributed by atoms with van der Waals surface area (Å²) in [6.07, 6.45) is 5.30. The zero-order valence-electron chi connectivity index (χ0n) is 11.1. The van der Waals surface area contributed by atoms with Crippen molar-refractivity contribution in [1.82, 2.24) is 4.90 Å². The molecule has 2 N–H and O–H groups in total. The van der Waals surface area contributed by atoms with Crippen LogP contribution in [0.25, 0.3) is 0 Å². The molecule has 0 amide bonds. The average Bonchev–Trinajstić information content (AvgIpc) is 2.17. The van der Waals surface area contributed by atoms with Crippen LogP contribution in [0.1, 0.15) is 46.5 Å². The zero-order chi connectivity index (χ0) is 12.3. The second-order valence-corrected chi connectivity index (χ2v) is 6.61. The number of nitrogens with zero attached hydrogens (tertiary/aromatic N) is 1. The van der Waals surface area contributed by atoms with Gasteiger partial charge in [0.2, 0.25) is 0 Å². The third kappa shape index (κ3) is 4.02. The van der Waals surface area contributed by atoms with Crippen LogP contribution in [0.5, 0.6) is 0 Å². The molecule has 0 aromatic rings. The molecule has 0 bridgehead atoms. The summed E-state index contributed by atoms with van der Waals surface area (Å²) < 4.78 is 0. The Morgan fingerprint density at radius 2 is 1.94 bits per heavy atom. The normalized spacial score (nSPS) is 23.3. The van der Waals surface area contributed by atoms with E-state index in [1.807, 2.05) is 0 Å². The fourth-order valence-corrected chi connectivity index (χ4v) is 2.57. The topological polar surface area (TPSA) is 29.3 Å². The number of rotatable bonds is 4. The van der Waals surface area contributed by atoms with Crippen molar-refractivity contribution >= 4 is 17.2 Å². The minimum absolute atomic E-state index is 0.329. The van der Waals surface area contributed by atoms with Crippen LogP contribution in [0.15, 0.2) is 0 Å². The van der Waals surface area contributed by atoms with Gasteiger partial charge in [0, 0.05) is 18.5 Å². The lowest BCUT2D eigenvalue weighted by Crippen LogP contribution is -2.41. The van der Waals surface area contributed by atoms with Gasteiger partial charge in [0.1, 0.15) is 0 Å². The maximum atomic E-state index is 5.66. The van der Waals surface area contributed by atoms with E-state index in [4.69, 9.17) is 18.0 Å². The van der Waals surface area contributed by atoms with Gasteiger partial charge in [-0.1, -0.05) is 33.0 Å². The van der Waals surface area contributed by atoms with Crippen LogP contribution in [0.3, 0.4) is 0 Å². The summed E-state index contributed by atoms with van der Waals surface area (Å²) in [6.45, 7) is 7.87. The third-order valence-electron chi connectivity index (χ3n) is 3.98. The molecule has 0 aliphatic heterocycles. The summed E-state index contributed by atoms with van der Waals surface area (Å²) in [5, 5.41) is 0. The Balaban J connectivity index is 2.39. The van der Waals surface area contributed by atoms with Gasteiger partial charge in [-0.2, -0.15) is 0 Å². The van der Waals surface area contributed by atoms with E-state index < -0.39 is 0 Å². The maximum absolute atomic E-state index is 5.66. The van der Waals surface area contributed by atoms with Gasteiger partial charge in [-0.15, -0.1) is 0 Å². The molecule has 3 heteroatoms. The minimum Gasteiger partial charge on any atom is -0.393 e. The van der Waals surface area contributed by atoms with Crippen LogP contribution in [0.2, 0.25) is 0 Å². The molecule has 0 heterocycles. The molecule has 1 aliphatic carbocycles. The highest BCUT2D eigenvalue weighted by molar-refractivity contribution is 7.80. The van der Waals surface area contributed by atoms with E-state index >= 15 is 0 Å². The Labute approximate surface area is 106 Å². The molecule has 1 unspecified atom stereocenters. The molecule has 0 saturated heterocycles. The molecule has 1 aliphatic rings. The smallest absolute Gasteiger partial charge is 0.0768 e. The van der Waals surface area contributed by atoms with Crippen LogP contribution < -0.4 is 5.73 Å². The molecule has 1 saturated carbocycles. The second-order valence-electron chi connectivity index (χ2n) is 6.14. The van der Waals surface area contributed by atoms with Crippen molar-refractivity contribution in [1.29, 1.82) is 0 Å². The Hall–Kier alpha value is -0.150. The second kappa shape index (κ2) is 5.46. The molecule has 1 rings (SSSR count). The molecule has 94 valence electrons. The van der Waals surface area contributed by atoms with Crippen molar-refractivity contribution in [2.45, 2.75) is 52.5 Å².